The number of nitrogens with one attached hydrogen (secondary N) is 1. The van der Waals surface area contributed by atoms with Gasteiger partial charge in [-0.25, -0.2) is 4.39 Å². The monoisotopic (exact) mass is 306 g/mol. The highest BCUT2D eigenvalue weighted by Crippen LogP contribution is 2.36. The molecule has 1 aliphatic heterocycles. The third-order valence-electron chi connectivity index (χ3n) is 3.02. The summed E-state index contributed by atoms with van der Waals surface area (Å²) >= 11 is 7.36. The molecule has 0 aliphatic carbocycles. The SMILES string of the molecule is Fc1c(Cl)cccc1NC1=NCC(c2ccccc2)S1. The van der Waals surface area contributed by atoms with Crippen molar-refractivity contribution in [1.29, 1.82) is 0 Å². The number of hydrogen-bond acceptors (Lipinski definition) is 3. The topological polar surface area (TPSA) is 24.4 Å². The molecule has 0 saturated heterocycles. The zero-order valence-electron chi connectivity index (χ0n) is 10.5. The van der Waals surface area contributed by atoms with E-state index in [0.717, 1.165) is 5.17 Å². The maximum absolute atomic E-state index is 13.8. The Morgan fingerprint density at radius 3 is 2.75 bits per heavy atom. The number of nitrogens with zero attached hydrogens (tertiary/aromatic N) is 1. The first-order chi connectivity index (χ1) is 9.74. The number of thioether (sulfide) groups is 1. The van der Waals surface area contributed by atoms with Crippen LogP contribution in [-0.4, -0.2) is 11.7 Å². The molecule has 102 valence electrons. The Kier molecular flexibility index (Phi) is 3.94. The van der Waals surface area contributed by atoms with Crippen LogP contribution in [-0.2, 0) is 0 Å². The van der Waals surface area contributed by atoms with Gasteiger partial charge in [0.2, 0.25) is 0 Å². The van der Waals surface area contributed by atoms with Crippen LogP contribution in [0.2, 0.25) is 5.02 Å². The Balaban J connectivity index is 1.70. The molecule has 0 aromatic heterocycles. The maximum Gasteiger partial charge on any atom is 0.165 e. The molecule has 0 saturated carbocycles. The maximum atomic E-state index is 13.8. The molecule has 1 aliphatic rings. The lowest BCUT2D eigenvalue weighted by Gasteiger charge is -2.10. The van der Waals surface area contributed by atoms with Crippen molar-refractivity contribution in [2.45, 2.75) is 5.25 Å². The van der Waals surface area contributed by atoms with Crippen molar-refractivity contribution in [3.05, 3.63) is 64.9 Å². The first-order valence-electron chi connectivity index (χ1n) is 6.21. The molecule has 0 radical (unpaired) electrons. The first kappa shape index (κ1) is 13.5. The highest BCUT2D eigenvalue weighted by atomic mass is 35.5. The van der Waals surface area contributed by atoms with E-state index < -0.39 is 5.82 Å². The van der Waals surface area contributed by atoms with E-state index >= 15 is 0 Å². The average molecular weight is 307 g/mol. The highest BCUT2D eigenvalue weighted by molar-refractivity contribution is 8.14. The van der Waals surface area contributed by atoms with E-state index in [1.807, 2.05) is 18.2 Å². The van der Waals surface area contributed by atoms with Gasteiger partial charge in [-0.1, -0.05) is 59.8 Å². The summed E-state index contributed by atoms with van der Waals surface area (Å²) in [5.41, 5.74) is 1.59. The van der Waals surface area contributed by atoms with Crippen LogP contribution in [0.1, 0.15) is 10.8 Å². The number of anilines is 1. The van der Waals surface area contributed by atoms with Crippen LogP contribution in [0.5, 0.6) is 0 Å². The Morgan fingerprint density at radius 1 is 1.15 bits per heavy atom. The van der Waals surface area contributed by atoms with E-state index in [9.17, 15) is 4.39 Å². The van der Waals surface area contributed by atoms with Crippen molar-refractivity contribution >= 4 is 34.2 Å². The molecular formula is C15H12ClFN2S. The quantitative estimate of drug-likeness (QED) is 0.867. The van der Waals surface area contributed by atoms with Crippen molar-refractivity contribution in [2.24, 2.45) is 4.99 Å². The fourth-order valence-electron chi connectivity index (χ4n) is 2.00. The largest absolute Gasteiger partial charge is 0.333 e. The molecule has 3 rings (SSSR count). The van der Waals surface area contributed by atoms with Crippen LogP contribution in [0, 0.1) is 5.82 Å². The van der Waals surface area contributed by atoms with E-state index in [-0.39, 0.29) is 10.3 Å². The standard InChI is InChI=1S/C15H12ClFN2S/c16-11-7-4-8-12(14(11)17)19-15-18-9-13(20-15)10-5-2-1-3-6-10/h1-8,13H,9H2,(H,18,19). The van der Waals surface area contributed by atoms with Crippen molar-refractivity contribution in [2.75, 3.05) is 11.9 Å². The fourth-order valence-corrected chi connectivity index (χ4v) is 3.21. The second-order valence-corrected chi connectivity index (χ2v) is 5.99. The minimum atomic E-state index is -0.444. The lowest BCUT2D eigenvalue weighted by atomic mass is 10.1. The fraction of sp³-hybridized carbons (Fsp3) is 0.133. The molecule has 2 aromatic rings. The average Bonchev–Trinajstić information content (AvgIpc) is 2.93. The predicted molar refractivity (Wildman–Crippen MR) is 84.1 cm³/mol. The van der Waals surface area contributed by atoms with Gasteiger partial charge in [-0.3, -0.25) is 4.99 Å². The van der Waals surface area contributed by atoms with Gasteiger partial charge in [-0.15, -0.1) is 0 Å². The minimum absolute atomic E-state index is 0.109. The molecular weight excluding hydrogens is 295 g/mol. The van der Waals surface area contributed by atoms with Gasteiger partial charge in [0.05, 0.1) is 22.5 Å². The van der Waals surface area contributed by atoms with E-state index in [1.165, 1.54) is 11.6 Å². The summed E-state index contributed by atoms with van der Waals surface area (Å²) in [7, 11) is 0. The number of benzene rings is 2. The number of halogens is 2. The normalized spacial score (nSPS) is 17.9. The molecule has 20 heavy (non-hydrogen) atoms. The summed E-state index contributed by atoms with van der Waals surface area (Å²) in [6.45, 7) is 0.694. The number of aliphatic imine (C=N–C) groups is 1. The Morgan fingerprint density at radius 2 is 1.95 bits per heavy atom. The minimum Gasteiger partial charge on any atom is -0.333 e. The van der Waals surface area contributed by atoms with Gasteiger partial charge in [0.25, 0.3) is 0 Å². The molecule has 2 aromatic carbocycles. The van der Waals surface area contributed by atoms with Gasteiger partial charge >= 0.3 is 0 Å². The van der Waals surface area contributed by atoms with Crippen molar-refractivity contribution in [3.63, 3.8) is 0 Å². The Labute approximate surface area is 126 Å². The van der Waals surface area contributed by atoms with Crippen LogP contribution < -0.4 is 5.32 Å². The van der Waals surface area contributed by atoms with Gasteiger partial charge < -0.3 is 5.32 Å². The molecule has 0 bridgehead atoms. The summed E-state index contributed by atoms with van der Waals surface area (Å²) < 4.78 is 13.8. The van der Waals surface area contributed by atoms with Gasteiger partial charge in [0.15, 0.2) is 11.0 Å². The highest BCUT2D eigenvalue weighted by Gasteiger charge is 2.22. The smallest absolute Gasteiger partial charge is 0.165 e. The van der Waals surface area contributed by atoms with Gasteiger partial charge in [0, 0.05) is 0 Å². The van der Waals surface area contributed by atoms with Crippen molar-refractivity contribution in [1.82, 2.24) is 0 Å². The summed E-state index contributed by atoms with van der Waals surface area (Å²) in [5.74, 6) is -0.444. The zero-order valence-corrected chi connectivity index (χ0v) is 12.1. The van der Waals surface area contributed by atoms with E-state index in [4.69, 9.17) is 11.6 Å². The third-order valence-corrected chi connectivity index (χ3v) is 4.47. The molecule has 0 spiro atoms. The van der Waals surface area contributed by atoms with E-state index in [0.29, 0.717) is 12.2 Å². The van der Waals surface area contributed by atoms with E-state index in [1.54, 1.807) is 23.9 Å². The lowest BCUT2D eigenvalue weighted by molar-refractivity contribution is 0.632. The van der Waals surface area contributed by atoms with Gasteiger partial charge in [-0.2, -0.15) is 0 Å². The van der Waals surface area contributed by atoms with E-state index in [2.05, 4.69) is 22.4 Å². The van der Waals surface area contributed by atoms with Gasteiger partial charge in [-0.05, 0) is 17.7 Å². The van der Waals surface area contributed by atoms with Crippen molar-refractivity contribution in [3.8, 4) is 0 Å². The zero-order chi connectivity index (χ0) is 13.9. The Hall–Kier alpha value is -1.52. The molecule has 1 atom stereocenters. The molecule has 1 heterocycles. The summed E-state index contributed by atoms with van der Waals surface area (Å²) in [6, 6.07) is 15.1. The number of hydrogen-bond donors (Lipinski definition) is 1. The van der Waals surface area contributed by atoms with Crippen LogP contribution in [0.15, 0.2) is 53.5 Å². The predicted octanol–water partition coefficient (Wildman–Crippen LogP) is 4.74. The number of amidine groups is 1. The second kappa shape index (κ2) is 5.85. The second-order valence-electron chi connectivity index (χ2n) is 4.39. The lowest BCUT2D eigenvalue weighted by Crippen LogP contribution is -2.07. The molecule has 0 amide bonds. The molecule has 5 heteroatoms. The van der Waals surface area contributed by atoms with Crippen LogP contribution in [0.3, 0.4) is 0 Å². The Bertz CT molecular complexity index is 646. The third kappa shape index (κ3) is 2.81. The summed E-state index contributed by atoms with van der Waals surface area (Å²) in [4.78, 5) is 4.42. The number of rotatable bonds is 2. The molecule has 1 unspecified atom stereocenters. The summed E-state index contributed by atoms with van der Waals surface area (Å²) in [6.07, 6.45) is 0. The summed E-state index contributed by atoms with van der Waals surface area (Å²) in [5, 5.41) is 4.11. The molecule has 1 N–H and O–H groups in total. The van der Waals surface area contributed by atoms with Crippen LogP contribution >= 0.6 is 23.4 Å². The molecule has 0 fully saturated rings. The van der Waals surface area contributed by atoms with Gasteiger partial charge in [0.1, 0.15) is 0 Å². The van der Waals surface area contributed by atoms with Crippen molar-refractivity contribution < 1.29 is 4.39 Å². The first-order valence-corrected chi connectivity index (χ1v) is 7.47. The molecule has 2 nitrogen and oxygen atoms in total. The van der Waals surface area contributed by atoms with Crippen LogP contribution in [0.25, 0.3) is 0 Å². The van der Waals surface area contributed by atoms with Crippen LogP contribution in [0.4, 0.5) is 10.1 Å².